The minimum Gasteiger partial charge on any atom is -0.488 e. The molecule has 1 spiro atoms. The van der Waals surface area contributed by atoms with Crippen LogP contribution in [0.25, 0.3) is 0 Å². The zero-order valence-corrected chi connectivity index (χ0v) is 14.7. The fourth-order valence-electron chi connectivity index (χ4n) is 3.54. The fourth-order valence-corrected chi connectivity index (χ4v) is 6.46. The van der Waals surface area contributed by atoms with Crippen molar-refractivity contribution < 1.29 is 22.6 Å². The molecule has 1 aromatic heterocycles. The third kappa shape index (κ3) is 2.47. The first kappa shape index (κ1) is 15.7. The topological polar surface area (TPSA) is 65.1 Å². The summed E-state index contributed by atoms with van der Waals surface area (Å²) >= 11 is 1.54. The second kappa shape index (κ2) is 5.34. The average Bonchev–Trinajstić information content (AvgIpc) is 2.94. The Morgan fingerprint density at radius 1 is 1.17 bits per heavy atom. The van der Waals surface area contributed by atoms with E-state index in [-0.39, 0.29) is 5.41 Å². The summed E-state index contributed by atoms with van der Waals surface area (Å²) in [5, 5.41) is 3.83. The molecule has 1 aromatic rings. The molecule has 0 amide bonds. The van der Waals surface area contributed by atoms with Crippen LogP contribution >= 0.6 is 11.3 Å². The molecule has 6 nitrogen and oxygen atoms in total. The van der Waals surface area contributed by atoms with E-state index in [0.717, 1.165) is 11.5 Å². The molecule has 3 aliphatic heterocycles. The molecule has 0 atom stereocenters. The molecular weight excluding hydrogens is 338 g/mol. The molecule has 23 heavy (non-hydrogen) atoms. The summed E-state index contributed by atoms with van der Waals surface area (Å²) in [6.07, 6.45) is 1.21. The van der Waals surface area contributed by atoms with Crippen molar-refractivity contribution in [2.75, 3.05) is 39.5 Å². The average molecular weight is 359 g/mol. The van der Waals surface area contributed by atoms with Crippen LogP contribution in [0.15, 0.2) is 10.8 Å². The van der Waals surface area contributed by atoms with Crippen LogP contribution in [0.1, 0.15) is 19.8 Å². The van der Waals surface area contributed by atoms with Crippen LogP contribution in [0.2, 0.25) is 0 Å². The third-order valence-corrected chi connectivity index (χ3v) is 8.33. The zero-order valence-electron chi connectivity index (χ0n) is 13.1. The van der Waals surface area contributed by atoms with Gasteiger partial charge in [-0.2, -0.15) is 4.31 Å². The van der Waals surface area contributed by atoms with Crippen LogP contribution in [0.3, 0.4) is 0 Å². The number of nitrogens with zero attached hydrogens (tertiary/aromatic N) is 1. The first-order chi connectivity index (χ1) is 10.9. The highest BCUT2D eigenvalue weighted by atomic mass is 32.2. The Bertz CT molecular complexity index is 670. The van der Waals surface area contributed by atoms with Crippen molar-refractivity contribution in [3.05, 3.63) is 10.8 Å². The minimum absolute atomic E-state index is 0.351. The van der Waals surface area contributed by atoms with Gasteiger partial charge >= 0.3 is 0 Å². The Kier molecular flexibility index (Phi) is 3.64. The van der Waals surface area contributed by atoms with Crippen molar-refractivity contribution in [1.29, 1.82) is 0 Å². The Hall–Kier alpha value is -0.830. The number of sulfonamides is 1. The van der Waals surface area contributed by atoms with Crippen molar-refractivity contribution >= 4 is 21.4 Å². The van der Waals surface area contributed by atoms with Gasteiger partial charge in [0.2, 0.25) is 10.0 Å². The summed E-state index contributed by atoms with van der Waals surface area (Å²) < 4.78 is 43.5. The molecule has 4 rings (SSSR count). The normalized spacial score (nSPS) is 28.0. The van der Waals surface area contributed by atoms with E-state index in [4.69, 9.17) is 14.2 Å². The van der Waals surface area contributed by atoms with Gasteiger partial charge in [-0.3, -0.25) is 0 Å². The van der Waals surface area contributed by atoms with Crippen molar-refractivity contribution in [3.63, 3.8) is 0 Å². The standard InChI is InChI=1S/C15H21NO5S2/c1-14(10-20-12-6-22-7-13(12)21-11-14)8-16-9-15(23(16,17)18)2-4-19-5-3-15/h6-7H,2-5,8-11H2,1H3. The van der Waals surface area contributed by atoms with E-state index in [0.29, 0.717) is 52.4 Å². The first-order valence-electron chi connectivity index (χ1n) is 7.84. The highest BCUT2D eigenvalue weighted by Gasteiger charge is 2.59. The number of hydrogen-bond donors (Lipinski definition) is 0. The molecule has 0 saturated carbocycles. The summed E-state index contributed by atoms with van der Waals surface area (Å²) in [7, 11) is -3.24. The molecule has 2 fully saturated rings. The second-order valence-electron chi connectivity index (χ2n) is 7.06. The molecule has 4 heterocycles. The van der Waals surface area contributed by atoms with Crippen LogP contribution in [0.5, 0.6) is 11.5 Å². The summed E-state index contributed by atoms with van der Waals surface area (Å²) in [5.74, 6) is 1.51. The lowest BCUT2D eigenvalue weighted by molar-refractivity contribution is 0.0390. The van der Waals surface area contributed by atoms with Crippen molar-refractivity contribution in [2.24, 2.45) is 5.41 Å². The number of rotatable bonds is 2. The lowest BCUT2D eigenvalue weighted by Gasteiger charge is -2.52. The smallest absolute Gasteiger partial charge is 0.221 e. The van der Waals surface area contributed by atoms with Crippen LogP contribution in [-0.2, 0) is 14.8 Å². The second-order valence-corrected chi connectivity index (χ2v) is 10.1. The molecule has 0 N–H and O–H groups in total. The maximum Gasteiger partial charge on any atom is 0.221 e. The van der Waals surface area contributed by atoms with Gasteiger partial charge in [-0.05, 0) is 12.8 Å². The van der Waals surface area contributed by atoms with E-state index in [9.17, 15) is 8.42 Å². The molecule has 128 valence electrons. The van der Waals surface area contributed by atoms with Gasteiger partial charge in [-0.15, -0.1) is 11.3 Å². The summed E-state index contributed by atoms with van der Waals surface area (Å²) in [6.45, 7) is 5.04. The van der Waals surface area contributed by atoms with Gasteiger partial charge in [-0.25, -0.2) is 8.42 Å². The highest BCUT2D eigenvalue weighted by Crippen LogP contribution is 2.44. The zero-order chi connectivity index (χ0) is 16.1. The van der Waals surface area contributed by atoms with E-state index >= 15 is 0 Å². The molecule has 0 aromatic carbocycles. The predicted molar refractivity (Wildman–Crippen MR) is 86.7 cm³/mol. The van der Waals surface area contributed by atoms with E-state index in [1.807, 2.05) is 17.7 Å². The summed E-state index contributed by atoms with van der Waals surface area (Å²) in [4.78, 5) is 0. The predicted octanol–water partition coefficient (Wildman–Crippen LogP) is 1.72. The number of hydrogen-bond acceptors (Lipinski definition) is 6. The molecule has 0 bridgehead atoms. The minimum atomic E-state index is -3.24. The number of thiophene rings is 1. The SMILES string of the molecule is CC1(CN2CC3(CCOCC3)S2(=O)=O)COc2cscc2OC1. The molecule has 8 heteroatoms. The molecule has 0 unspecified atom stereocenters. The van der Waals surface area contributed by atoms with E-state index < -0.39 is 14.8 Å². The third-order valence-electron chi connectivity index (χ3n) is 5.06. The van der Waals surface area contributed by atoms with Gasteiger partial charge in [-0.1, -0.05) is 6.92 Å². The maximum absolute atomic E-state index is 12.8. The summed E-state index contributed by atoms with van der Waals surface area (Å²) in [5.41, 5.74) is -0.351. The van der Waals surface area contributed by atoms with Gasteiger partial charge < -0.3 is 14.2 Å². The Morgan fingerprint density at radius 2 is 1.78 bits per heavy atom. The first-order valence-corrected chi connectivity index (χ1v) is 10.2. The molecule has 0 radical (unpaired) electrons. The van der Waals surface area contributed by atoms with Crippen molar-refractivity contribution in [1.82, 2.24) is 4.31 Å². The van der Waals surface area contributed by atoms with E-state index in [1.54, 1.807) is 15.6 Å². The maximum atomic E-state index is 12.8. The van der Waals surface area contributed by atoms with Crippen LogP contribution in [0.4, 0.5) is 0 Å². The van der Waals surface area contributed by atoms with E-state index in [2.05, 4.69) is 0 Å². The lowest BCUT2D eigenvalue weighted by Crippen LogP contribution is -2.69. The van der Waals surface area contributed by atoms with Gasteiger partial charge in [0.15, 0.2) is 11.5 Å². The quantitative estimate of drug-likeness (QED) is 0.804. The van der Waals surface area contributed by atoms with Crippen LogP contribution in [-0.4, -0.2) is 57.0 Å². The molecular formula is C15H21NO5S2. The number of ether oxygens (including phenoxy) is 3. The largest absolute Gasteiger partial charge is 0.488 e. The Labute approximate surface area is 140 Å². The Morgan fingerprint density at radius 3 is 2.35 bits per heavy atom. The molecule has 2 saturated heterocycles. The number of fused-ring (bicyclic) bond motifs is 1. The van der Waals surface area contributed by atoms with Crippen molar-refractivity contribution in [3.8, 4) is 11.5 Å². The van der Waals surface area contributed by atoms with Crippen molar-refractivity contribution in [2.45, 2.75) is 24.5 Å². The Balaban J connectivity index is 1.46. The summed E-state index contributed by atoms with van der Waals surface area (Å²) in [6, 6.07) is 0. The van der Waals surface area contributed by atoms with Gasteiger partial charge in [0, 0.05) is 42.5 Å². The molecule has 3 aliphatic rings. The van der Waals surface area contributed by atoms with Crippen LogP contribution < -0.4 is 9.47 Å². The van der Waals surface area contributed by atoms with Gasteiger partial charge in [0.1, 0.15) is 4.75 Å². The molecule has 0 aliphatic carbocycles. The van der Waals surface area contributed by atoms with Crippen LogP contribution in [0, 0.1) is 5.41 Å². The lowest BCUT2D eigenvalue weighted by atomic mass is 9.91. The monoisotopic (exact) mass is 359 g/mol. The highest BCUT2D eigenvalue weighted by molar-refractivity contribution is 7.91. The fraction of sp³-hybridized carbons (Fsp3) is 0.733. The van der Waals surface area contributed by atoms with Gasteiger partial charge in [0.05, 0.1) is 13.2 Å². The van der Waals surface area contributed by atoms with E-state index in [1.165, 1.54) is 0 Å². The van der Waals surface area contributed by atoms with Gasteiger partial charge in [0.25, 0.3) is 0 Å².